The van der Waals surface area contributed by atoms with E-state index < -0.39 is 26.7 Å². The Morgan fingerprint density at radius 3 is 2.36 bits per heavy atom. The number of nitrogens with zero attached hydrogens (tertiary/aromatic N) is 1. The van der Waals surface area contributed by atoms with Crippen LogP contribution < -0.4 is 5.14 Å². The lowest BCUT2D eigenvalue weighted by atomic mass is 9.95. The van der Waals surface area contributed by atoms with E-state index >= 15 is 0 Å². The van der Waals surface area contributed by atoms with Crippen molar-refractivity contribution in [2.75, 3.05) is 6.61 Å². The molecule has 2 N–H and O–H groups in total. The first-order valence-electron chi connectivity index (χ1n) is 8.06. The molecule has 6 nitrogen and oxygen atoms in total. The number of sulfonamides is 1. The van der Waals surface area contributed by atoms with Gasteiger partial charge in [0.1, 0.15) is 17.3 Å². The second-order valence-corrected chi connectivity index (χ2v) is 8.32. The molecule has 9 heteroatoms. The largest absolute Gasteiger partial charge is 0.457 e. The van der Waals surface area contributed by atoms with E-state index in [2.05, 4.69) is 4.98 Å². The van der Waals surface area contributed by atoms with Crippen molar-refractivity contribution in [3.63, 3.8) is 0 Å². The SMILES string of the molecule is NS(=O)(=O)c1ccc(C2=C(c3ccc(-c4cscn4)cc3)C(=O)OC2)cc1F. The van der Waals surface area contributed by atoms with Crippen molar-refractivity contribution in [1.29, 1.82) is 0 Å². The number of hydrogen-bond donors (Lipinski definition) is 1. The van der Waals surface area contributed by atoms with Gasteiger partial charge in [-0.15, -0.1) is 11.3 Å². The fourth-order valence-electron chi connectivity index (χ4n) is 3.01. The van der Waals surface area contributed by atoms with Gasteiger partial charge in [-0.25, -0.2) is 27.7 Å². The van der Waals surface area contributed by atoms with Crippen LogP contribution in [0.15, 0.2) is 58.3 Å². The van der Waals surface area contributed by atoms with Crippen LogP contribution in [0.3, 0.4) is 0 Å². The van der Waals surface area contributed by atoms with Crippen LogP contribution in [0.5, 0.6) is 0 Å². The van der Waals surface area contributed by atoms with Crippen LogP contribution in [0.1, 0.15) is 11.1 Å². The quantitative estimate of drug-likeness (QED) is 0.659. The van der Waals surface area contributed by atoms with Crippen LogP contribution in [0.25, 0.3) is 22.4 Å². The van der Waals surface area contributed by atoms with Crippen molar-refractivity contribution in [1.82, 2.24) is 4.98 Å². The zero-order valence-electron chi connectivity index (χ0n) is 14.3. The molecule has 2 heterocycles. The summed E-state index contributed by atoms with van der Waals surface area (Å²) in [6.07, 6.45) is 0. The third kappa shape index (κ3) is 3.35. The predicted molar refractivity (Wildman–Crippen MR) is 103 cm³/mol. The standard InChI is InChI=1S/C19H13FN2O4S2/c20-15-7-13(5-6-17(15)28(21,24)25)14-8-26-19(23)18(14)12-3-1-11(2-4-12)16-9-27-10-22-16/h1-7,9-10H,8H2,(H2,21,24,25). The molecule has 0 radical (unpaired) electrons. The van der Waals surface area contributed by atoms with E-state index in [0.717, 1.165) is 23.4 Å². The first kappa shape index (κ1) is 18.5. The third-order valence-corrected chi connectivity index (χ3v) is 5.87. The molecule has 3 aromatic rings. The number of hydrogen-bond acceptors (Lipinski definition) is 6. The highest BCUT2D eigenvalue weighted by Crippen LogP contribution is 2.34. The van der Waals surface area contributed by atoms with Gasteiger partial charge in [-0.05, 0) is 23.3 Å². The minimum Gasteiger partial charge on any atom is -0.457 e. The highest BCUT2D eigenvalue weighted by Gasteiger charge is 2.28. The van der Waals surface area contributed by atoms with Gasteiger partial charge in [-0.3, -0.25) is 0 Å². The molecule has 4 rings (SSSR count). The van der Waals surface area contributed by atoms with Crippen LogP contribution in [0.2, 0.25) is 0 Å². The van der Waals surface area contributed by atoms with Gasteiger partial charge in [0, 0.05) is 16.5 Å². The maximum Gasteiger partial charge on any atom is 0.339 e. The lowest BCUT2D eigenvalue weighted by Crippen LogP contribution is -2.14. The van der Waals surface area contributed by atoms with Crippen molar-refractivity contribution in [3.05, 3.63) is 70.3 Å². The maximum atomic E-state index is 14.2. The smallest absolute Gasteiger partial charge is 0.339 e. The molecule has 0 fully saturated rings. The summed E-state index contributed by atoms with van der Waals surface area (Å²) in [6.45, 7) is -0.0316. The van der Waals surface area contributed by atoms with Crippen molar-refractivity contribution in [3.8, 4) is 11.3 Å². The Hall–Kier alpha value is -2.88. The molecule has 0 unspecified atom stereocenters. The molecule has 1 aliphatic rings. The van der Waals surface area contributed by atoms with Crippen LogP contribution >= 0.6 is 11.3 Å². The van der Waals surface area contributed by atoms with Crippen LogP contribution in [-0.4, -0.2) is 26.0 Å². The van der Waals surface area contributed by atoms with Gasteiger partial charge < -0.3 is 4.74 Å². The van der Waals surface area contributed by atoms with Crippen molar-refractivity contribution < 1.29 is 22.3 Å². The number of cyclic esters (lactones) is 1. The number of benzene rings is 2. The van der Waals surface area contributed by atoms with Gasteiger partial charge in [0.25, 0.3) is 0 Å². The zero-order valence-corrected chi connectivity index (χ0v) is 15.9. The Labute approximate surface area is 164 Å². The minimum absolute atomic E-state index is 0.0316. The molecule has 0 atom stereocenters. The van der Waals surface area contributed by atoms with Crippen molar-refractivity contribution in [2.24, 2.45) is 5.14 Å². The number of thiazole rings is 1. The van der Waals surface area contributed by atoms with Crippen LogP contribution in [0, 0.1) is 5.82 Å². The van der Waals surface area contributed by atoms with E-state index in [9.17, 15) is 17.6 Å². The van der Waals surface area contributed by atoms with E-state index in [1.807, 2.05) is 17.5 Å². The number of nitrogens with two attached hydrogens (primary N) is 1. The summed E-state index contributed by atoms with van der Waals surface area (Å²) in [7, 11) is -4.17. The first-order valence-corrected chi connectivity index (χ1v) is 10.6. The number of primary sulfonamides is 1. The summed E-state index contributed by atoms with van der Waals surface area (Å²) < 4.78 is 42.2. The number of aromatic nitrogens is 1. The van der Waals surface area contributed by atoms with Crippen LogP contribution in [-0.2, 0) is 19.6 Å². The van der Waals surface area contributed by atoms with Gasteiger partial charge in [0.05, 0.1) is 16.8 Å². The van der Waals surface area contributed by atoms with Gasteiger partial charge >= 0.3 is 5.97 Å². The highest BCUT2D eigenvalue weighted by atomic mass is 32.2. The normalized spacial score (nSPS) is 14.4. The summed E-state index contributed by atoms with van der Waals surface area (Å²) >= 11 is 1.48. The number of carbonyl (C=O) groups is 1. The number of rotatable bonds is 4. The molecule has 0 bridgehead atoms. The third-order valence-electron chi connectivity index (χ3n) is 4.34. The molecule has 2 aromatic carbocycles. The molecule has 142 valence electrons. The van der Waals surface area contributed by atoms with Gasteiger partial charge in [-0.1, -0.05) is 30.3 Å². The Balaban J connectivity index is 1.77. The van der Waals surface area contributed by atoms with Crippen molar-refractivity contribution in [2.45, 2.75) is 4.90 Å². The summed E-state index contributed by atoms with van der Waals surface area (Å²) in [6, 6.07) is 10.7. The van der Waals surface area contributed by atoms with E-state index in [4.69, 9.17) is 9.88 Å². The van der Waals surface area contributed by atoms with E-state index in [0.29, 0.717) is 22.3 Å². The fraction of sp³-hybridized carbons (Fsp3) is 0.0526. The summed E-state index contributed by atoms with van der Waals surface area (Å²) in [5.74, 6) is -1.50. The zero-order chi connectivity index (χ0) is 19.9. The summed E-state index contributed by atoms with van der Waals surface area (Å²) in [5, 5.41) is 6.91. The lowest BCUT2D eigenvalue weighted by Gasteiger charge is -2.07. The van der Waals surface area contributed by atoms with Crippen LogP contribution in [0.4, 0.5) is 4.39 Å². The topological polar surface area (TPSA) is 99.4 Å². The molecule has 0 aliphatic carbocycles. The minimum atomic E-state index is -4.17. The lowest BCUT2D eigenvalue weighted by molar-refractivity contribution is -0.133. The average Bonchev–Trinajstić information content (AvgIpc) is 3.30. The molecule has 0 saturated heterocycles. The Morgan fingerprint density at radius 1 is 1.07 bits per heavy atom. The maximum absolute atomic E-state index is 14.2. The second-order valence-electron chi connectivity index (χ2n) is 6.07. The second kappa shape index (κ2) is 6.93. The molecule has 28 heavy (non-hydrogen) atoms. The van der Waals surface area contributed by atoms with Crippen molar-refractivity contribution >= 4 is 38.5 Å². The highest BCUT2D eigenvalue weighted by molar-refractivity contribution is 7.89. The van der Waals surface area contributed by atoms with E-state index in [-0.39, 0.29) is 6.61 Å². The molecular weight excluding hydrogens is 403 g/mol. The summed E-state index contributed by atoms with van der Waals surface area (Å²) in [5.41, 5.74) is 5.24. The van der Waals surface area contributed by atoms with E-state index in [1.54, 1.807) is 17.6 Å². The number of ether oxygens (including phenoxy) is 1. The molecule has 0 saturated carbocycles. The Morgan fingerprint density at radius 2 is 1.75 bits per heavy atom. The molecule has 1 aromatic heterocycles. The number of esters is 1. The predicted octanol–water partition coefficient (Wildman–Crippen LogP) is 3.06. The summed E-state index contributed by atoms with van der Waals surface area (Å²) in [4.78, 5) is 15.9. The first-order chi connectivity index (χ1) is 13.3. The molecule has 1 aliphatic heterocycles. The Bertz CT molecular complexity index is 1200. The average molecular weight is 416 g/mol. The Kier molecular flexibility index (Phi) is 4.58. The van der Waals surface area contributed by atoms with Gasteiger partial charge in [0.15, 0.2) is 0 Å². The molecule has 0 spiro atoms. The molecular formula is C19H13FN2O4S2. The monoisotopic (exact) mass is 416 g/mol. The van der Waals surface area contributed by atoms with E-state index in [1.165, 1.54) is 17.4 Å². The van der Waals surface area contributed by atoms with Gasteiger partial charge in [-0.2, -0.15) is 0 Å². The van der Waals surface area contributed by atoms with Gasteiger partial charge in [0.2, 0.25) is 10.0 Å². The molecule has 0 amide bonds. The number of halogens is 1. The number of carbonyl (C=O) groups excluding carboxylic acids is 1. The fourth-order valence-corrected chi connectivity index (χ4v) is 4.16.